The third-order valence-electron chi connectivity index (χ3n) is 2.97. The number of aromatic carboxylic acids is 1. The van der Waals surface area contributed by atoms with Crippen LogP contribution in [0.2, 0.25) is 5.02 Å². The molecule has 0 bridgehead atoms. The molecule has 2 aromatic carbocycles. The molecule has 0 aliphatic rings. The van der Waals surface area contributed by atoms with Crippen LogP contribution in [-0.2, 0) is 0 Å². The SMILES string of the molecule is O=C(O)c1cc2ccccc2c(Oc2ccccc2Cl)n1. The third kappa shape index (κ3) is 2.66. The first kappa shape index (κ1) is 13.4. The molecule has 0 unspecified atom stereocenters. The lowest BCUT2D eigenvalue weighted by atomic mass is 10.1. The number of ether oxygens (including phenoxy) is 1. The van der Waals surface area contributed by atoms with Gasteiger partial charge in [-0.05, 0) is 29.7 Å². The highest BCUT2D eigenvalue weighted by atomic mass is 35.5. The Morgan fingerprint density at radius 1 is 1.10 bits per heavy atom. The molecule has 1 N–H and O–H groups in total. The van der Waals surface area contributed by atoms with Gasteiger partial charge in [0.25, 0.3) is 0 Å². The summed E-state index contributed by atoms with van der Waals surface area (Å²) < 4.78 is 5.71. The minimum absolute atomic E-state index is 0.0734. The Kier molecular flexibility index (Phi) is 3.46. The number of nitrogens with zero attached hydrogens (tertiary/aromatic N) is 1. The molecule has 21 heavy (non-hydrogen) atoms. The van der Waals surface area contributed by atoms with E-state index in [2.05, 4.69) is 4.98 Å². The zero-order chi connectivity index (χ0) is 14.8. The number of aromatic nitrogens is 1. The number of para-hydroxylation sites is 1. The molecule has 0 spiro atoms. The Morgan fingerprint density at radius 2 is 1.81 bits per heavy atom. The van der Waals surface area contributed by atoms with E-state index in [4.69, 9.17) is 21.4 Å². The summed E-state index contributed by atoms with van der Waals surface area (Å²) in [7, 11) is 0. The highest BCUT2D eigenvalue weighted by molar-refractivity contribution is 6.32. The van der Waals surface area contributed by atoms with Crippen LogP contribution in [0.5, 0.6) is 11.6 Å². The van der Waals surface area contributed by atoms with Crippen LogP contribution in [0.1, 0.15) is 10.5 Å². The van der Waals surface area contributed by atoms with E-state index in [9.17, 15) is 4.79 Å². The summed E-state index contributed by atoms with van der Waals surface area (Å²) in [5, 5.41) is 11.0. The second-order valence-corrected chi connectivity index (χ2v) is 4.78. The number of hydrogen-bond donors (Lipinski definition) is 1. The van der Waals surface area contributed by atoms with E-state index in [1.807, 2.05) is 24.3 Å². The topological polar surface area (TPSA) is 59.4 Å². The minimum atomic E-state index is -1.11. The standard InChI is InChI=1S/C16H10ClNO3/c17-12-7-3-4-8-14(12)21-15-11-6-2-1-5-10(11)9-13(18-15)16(19)20/h1-9H,(H,19,20). The van der Waals surface area contributed by atoms with Crippen LogP contribution in [0, 0.1) is 0 Å². The lowest BCUT2D eigenvalue weighted by molar-refractivity contribution is 0.0690. The molecule has 5 heteroatoms. The van der Waals surface area contributed by atoms with Crippen molar-refractivity contribution in [1.29, 1.82) is 0 Å². The van der Waals surface area contributed by atoms with Crippen LogP contribution in [0.3, 0.4) is 0 Å². The number of benzene rings is 2. The van der Waals surface area contributed by atoms with Gasteiger partial charge in [-0.15, -0.1) is 0 Å². The van der Waals surface area contributed by atoms with Crippen molar-refractivity contribution in [3.05, 3.63) is 65.3 Å². The molecular formula is C16H10ClNO3. The van der Waals surface area contributed by atoms with Crippen LogP contribution < -0.4 is 4.74 Å². The zero-order valence-electron chi connectivity index (χ0n) is 10.8. The van der Waals surface area contributed by atoms with Crippen molar-refractivity contribution in [1.82, 2.24) is 4.98 Å². The molecule has 0 saturated carbocycles. The van der Waals surface area contributed by atoms with Crippen molar-refractivity contribution in [2.75, 3.05) is 0 Å². The van der Waals surface area contributed by atoms with Gasteiger partial charge in [-0.2, -0.15) is 0 Å². The van der Waals surface area contributed by atoms with E-state index < -0.39 is 5.97 Å². The molecule has 1 aromatic heterocycles. The number of fused-ring (bicyclic) bond motifs is 1. The fourth-order valence-corrected chi connectivity index (χ4v) is 2.16. The number of carboxylic acid groups (broad SMARTS) is 1. The first-order valence-electron chi connectivity index (χ1n) is 6.20. The highest BCUT2D eigenvalue weighted by Crippen LogP contribution is 2.32. The van der Waals surface area contributed by atoms with Crippen LogP contribution in [0.15, 0.2) is 54.6 Å². The van der Waals surface area contributed by atoms with E-state index in [-0.39, 0.29) is 11.6 Å². The van der Waals surface area contributed by atoms with Gasteiger partial charge in [0.05, 0.1) is 5.02 Å². The number of pyridine rings is 1. The van der Waals surface area contributed by atoms with Gasteiger partial charge in [-0.25, -0.2) is 9.78 Å². The maximum absolute atomic E-state index is 11.2. The number of rotatable bonds is 3. The van der Waals surface area contributed by atoms with E-state index >= 15 is 0 Å². The summed E-state index contributed by atoms with van der Waals surface area (Å²) in [5.41, 5.74) is -0.0734. The van der Waals surface area contributed by atoms with Crippen molar-refractivity contribution in [3.63, 3.8) is 0 Å². The number of carbonyl (C=O) groups is 1. The van der Waals surface area contributed by atoms with Crippen LogP contribution in [-0.4, -0.2) is 16.1 Å². The van der Waals surface area contributed by atoms with Crippen LogP contribution in [0.25, 0.3) is 10.8 Å². The number of carboxylic acids is 1. The van der Waals surface area contributed by atoms with Gasteiger partial charge < -0.3 is 9.84 Å². The average Bonchev–Trinajstić information content (AvgIpc) is 2.49. The molecule has 104 valence electrons. The molecule has 0 amide bonds. The van der Waals surface area contributed by atoms with E-state index in [1.54, 1.807) is 24.3 Å². The fraction of sp³-hybridized carbons (Fsp3) is 0. The summed E-state index contributed by atoms with van der Waals surface area (Å²) in [4.78, 5) is 15.2. The summed E-state index contributed by atoms with van der Waals surface area (Å²) in [6.45, 7) is 0. The zero-order valence-corrected chi connectivity index (χ0v) is 11.5. The molecule has 3 rings (SSSR count). The quantitative estimate of drug-likeness (QED) is 0.779. The molecule has 4 nitrogen and oxygen atoms in total. The second kappa shape index (κ2) is 5.42. The van der Waals surface area contributed by atoms with Crippen molar-refractivity contribution in [3.8, 4) is 11.6 Å². The molecule has 0 fully saturated rings. The van der Waals surface area contributed by atoms with Crippen LogP contribution in [0.4, 0.5) is 0 Å². The second-order valence-electron chi connectivity index (χ2n) is 4.37. The number of hydrogen-bond acceptors (Lipinski definition) is 3. The molecule has 0 aliphatic heterocycles. The van der Waals surface area contributed by atoms with E-state index in [1.165, 1.54) is 6.07 Å². The first-order chi connectivity index (χ1) is 10.1. The normalized spacial score (nSPS) is 10.5. The Balaban J connectivity index is 2.16. The monoisotopic (exact) mass is 299 g/mol. The third-order valence-corrected chi connectivity index (χ3v) is 3.28. The summed E-state index contributed by atoms with van der Waals surface area (Å²) in [6.07, 6.45) is 0. The van der Waals surface area contributed by atoms with Gasteiger partial charge in [0.1, 0.15) is 5.75 Å². The van der Waals surface area contributed by atoms with Crippen molar-refractivity contribution in [2.24, 2.45) is 0 Å². The highest BCUT2D eigenvalue weighted by Gasteiger charge is 2.13. The lowest BCUT2D eigenvalue weighted by Gasteiger charge is -2.10. The predicted octanol–water partition coefficient (Wildman–Crippen LogP) is 4.38. The number of halogens is 1. The van der Waals surface area contributed by atoms with E-state index in [0.717, 1.165) is 10.8 Å². The first-order valence-corrected chi connectivity index (χ1v) is 6.58. The van der Waals surface area contributed by atoms with Gasteiger partial charge in [0.2, 0.25) is 5.88 Å². The fourth-order valence-electron chi connectivity index (χ4n) is 1.99. The summed E-state index contributed by atoms with van der Waals surface area (Å²) in [5.74, 6) is -0.456. The Morgan fingerprint density at radius 3 is 2.57 bits per heavy atom. The lowest BCUT2D eigenvalue weighted by Crippen LogP contribution is -2.02. The van der Waals surface area contributed by atoms with Gasteiger partial charge in [-0.3, -0.25) is 0 Å². The molecule has 0 atom stereocenters. The van der Waals surface area contributed by atoms with Crippen molar-refractivity contribution >= 4 is 28.3 Å². The van der Waals surface area contributed by atoms with Gasteiger partial charge in [0.15, 0.2) is 5.69 Å². The molecule has 1 heterocycles. The summed E-state index contributed by atoms with van der Waals surface area (Å²) in [6, 6.07) is 15.8. The molecule has 3 aromatic rings. The van der Waals surface area contributed by atoms with Crippen molar-refractivity contribution < 1.29 is 14.6 Å². The van der Waals surface area contributed by atoms with Crippen molar-refractivity contribution in [2.45, 2.75) is 0 Å². The van der Waals surface area contributed by atoms with Gasteiger partial charge >= 0.3 is 5.97 Å². The molecule has 0 aliphatic carbocycles. The Bertz CT molecular complexity index is 833. The van der Waals surface area contributed by atoms with E-state index in [0.29, 0.717) is 10.8 Å². The maximum atomic E-state index is 11.2. The average molecular weight is 300 g/mol. The van der Waals surface area contributed by atoms with Gasteiger partial charge in [0, 0.05) is 5.39 Å². The predicted molar refractivity (Wildman–Crippen MR) is 80.2 cm³/mol. The molecular weight excluding hydrogens is 290 g/mol. The Hall–Kier alpha value is -2.59. The maximum Gasteiger partial charge on any atom is 0.354 e. The van der Waals surface area contributed by atoms with Crippen LogP contribution >= 0.6 is 11.6 Å². The molecule has 0 radical (unpaired) electrons. The van der Waals surface area contributed by atoms with Gasteiger partial charge in [-0.1, -0.05) is 41.9 Å². The molecule has 0 saturated heterocycles. The largest absolute Gasteiger partial charge is 0.477 e. The summed E-state index contributed by atoms with van der Waals surface area (Å²) >= 11 is 6.06. The Labute approximate surface area is 125 Å². The minimum Gasteiger partial charge on any atom is -0.477 e. The smallest absolute Gasteiger partial charge is 0.354 e.